The first-order valence-electron chi connectivity index (χ1n) is 5.94. The predicted molar refractivity (Wildman–Crippen MR) is 69.8 cm³/mol. The van der Waals surface area contributed by atoms with Gasteiger partial charge in [-0.05, 0) is 18.2 Å². The molecule has 2 rings (SSSR count). The number of esters is 1. The quantitative estimate of drug-likeness (QED) is 0.831. The summed E-state index contributed by atoms with van der Waals surface area (Å²) in [4.78, 5) is 35.8. The van der Waals surface area contributed by atoms with Crippen LogP contribution in [0.3, 0.4) is 0 Å². The van der Waals surface area contributed by atoms with Crippen LogP contribution in [0, 0.1) is 0 Å². The monoisotopic (exact) mass is 278 g/mol. The molecule has 1 heterocycles. The summed E-state index contributed by atoms with van der Waals surface area (Å²) in [6.07, 6.45) is 0.216. The van der Waals surface area contributed by atoms with Crippen LogP contribution in [0.25, 0.3) is 0 Å². The highest BCUT2D eigenvalue weighted by molar-refractivity contribution is 6.06. The maximum atomic E-state index is 11.8. The number of benzene rings is 1. The normalized spacial score (nSPS) is 14.8. The molecule has 0 aliphatic carbocycles. The standard InChI is InChI=1S/C13H14N2O5/c1-19-10-7-8(12(17)20-2)3-4-9(10)15-6-5-11(16)14-13(15)18/h3-4,7H,5-6H2,1-2H3,(H,14,16,18). The zero-order valence-electron chi connectivity index (χ0n) is 11.1. The van der Waals surface area contributed by atoms with Gasteiger partial charge in [-0.2, -0.15) is 0 Å². The van der Waals surface area contributed by atoms with Crippen LogP contribution in [0.5, 0.6) is 5.75 Å². The molecular weight excluding hydrogens is 264 g/mol. The molecule has 1 aromatic rings. The number of anilines is 1. The minimum absolute atomic E-state index is 0.216. The molecule has 1 N–H and O–H groups in total. The second kappa shape index (κ2) is 5.60. The number of hydrogen-bond donors (Lipinski definition) is 1. The summed E-state index contributed by atoms with van der Waals surface area (Å²) in [5.74, 6) is -0.443. The molecule has 7 nitrogen and oxygen atoms in total. The van der Waals surface area contributed by atoms with Crippen LogP contribution in [0.1, 0.15) is 16.8 Å². The van der Waals surface area contributed by atoms with Gasteiger partial charge in [0.25, 0.3) is 0 Å². The molecule has 0 aromatic heterocycles. The Hall–Kier alpha value is -2.57. The lowest BCUT2D eigenvalue weighted by atomic mass is 10.1. The van der Waals surface area contributed by atoms with Gasteiger partial charge in [-0.3, -0.25) is 15.0 Å². The van der Waals surface area contributed by atoms with E-state index in [1.54, 1.807) is 6.07 Å². The number of imide groups is 1. The molecule has 0 atom stereocenters. The molecule has 0 radical (unpaired) electrons. The molecule has 1 fully saturated rings. The van der Waals surface area contributed by atoms with E-state index in [0.29, 0.717) is 17.0 Å². The smallest absolute Gasteiger partial charge is 0.337 e. The number of nitrogens with one attached hydrogen (secondary N) is 1. The van der Waals surface area contributed by atoms with E-state index < -0.39 is 12.0 Å². The number of rotatable bonds is 3. The van der Waals surface area contributed by atoms with E-state index in [1.807, 2.05) is 0 Å². The molecule has 7 heteroatoms. The Morgan fingerprint density at radius 3 is 2.65 bits per heavy atom. The number of carbonyl (C=O) groups is 3. The number of amides is 3. The second-order valence-corrected chi connectivity index (χ2v) is 4.13. The van der Waals surface area contributed by atoms with Crippen molar-refractivity contribution >= 4 is 23.6 Å². The van der Waals surface area contributed by atoms with Crippen molar-refractivity contribution in [2.45, 2.75) is 6.42 Å². The SMILES string of the molecule is COC(=O)c1ccc(N2CCC(=O)NC2=O)c(OC)c1. The Bertz CT molecular complexity index is 570. The maximum absolute atomic E-state index is 11.8. The summed E-state index contributed by atoms with van der Waals surface area (Å²) >= 11 is 0. The number of urea groups is 1. The molecule has 0 saturated carbocycles. The van der Waals surface area contributed by atoms with E-state index in [-0.39, 0.29) is 18.9 Å². The van der Waals surface area contributed by atoms with Gasteiger partial charge in [0.1, 0.15) is 5.75 Å². The van der Waals surface area contributed by atoms with Crippen molar-refractivity contribution in [3.05, 3.63) is 23.8 Å². The summed E-state index contributed by atoms with van der Waals surface area (Å²) < 4.78 is 9.82. The largest absolute Gasteiger partial charge is 0.495 e. The minimum Gasteiger partial charge on any atom is -0.495 e. The molecule has 1 aliphatic rings. The van der Waals surface area contributed by atoms with E-state index >= 15 is 0 Å². The van der Waals surface area contributed by atoms with E-state index in [4.69, 9.17) is 4.74 Å². The Morgan fingerprint density at radius 1 is 1.30 bits per heavy atom. The van der Waals surface area contributed by atoms with Crippen molar-refractivity contribution in [3.8, 4) is 5.75 Å². The fraction of sp³-hybridized carbons (Fsp3) is 0.308. The Kier molecular flexibility index (Phi) is 3.88. The highest BCUT2D eigenvalue weighted by Gasteiger charge is 2.26. The van der Waals surface area contributed by atoms with Crippen molar-refractivity contribution in [3.63, 3.8) is 0 Å². The molecule has 1 saturated heterocycles. The number of methoxy groups -OCH3 is 2. The maximum Gasteiger partial charge on any atom is 0.337 e. The first-order chi connectivity index (χ1) is 9.56. The van der Waals surface area contributed by atoms with Gasteiger partial charge in [0, 0.05) is 13.0 Å². The summed E-state index contributed by atoms with van der Waals surface area (Å²) in [5, 5.41) is 2.23. The first-order valence-corrected chi connectivity index (χ1v) is 5.94. The summed E-state index contributed by atoms with van der Waals surface area (Å²) in [6, 6.07) is 4.10. The van der Waals surface area contributed by atoms with Crippen molar-refractivity contribution in [1.82, 2.24) is 5.32 Å². The van der Waals surface area contributed by atoms with Crippen LogP contribution in [0.2, 0.25) is 0 Å². The third-order valence-electron chi connectivity index (χ3n) is 2.95. The minimum atomic E-state index is -0.509. The Balaban J connectivity index is 2.34. The average Bonchev–Trinajstić information content (AvgIpc) is 2.46. The zero-order valence-corrected chi connectivity index (χ0v) is 11.1. The molecule has 1 aromatic carbocycles. The van der Waals surface area contributed by atoms with Crippen LogP contribution in [0.4, 0.5) is 10.5 Å². The van der Waals surface area contributed by atoms with Crippen LogP contribution < -0.4 is 15.0 Å². The van der Waals surface area contributed by atoms with Gasteiger partial charge in [0.05, 0.1) is 25.5 Å². The molecule has 20 heavy (non-hydrogen) atoms. The van der Waals surface area contributed by atoms with Crippen LogP contribution in [-0.2, 0) is 9.53 Å². The molecule has 0 bridgehead atoms. The summed E-state index contributed by atoms with van der Waals surface area (Å²) in [7, 11) is 2.72. The van der Waals surface area contributed by atoms with Crippen LogP contribution >= 0.6 is 0 Å². The van der Waals surface area contributed by atoms with E-state index in [9.17, 15) is 14.4 Å². The molecule has 0 unspecified atom stereocenters. The third-order valence-corrected chi connectivity index (χ3v) is 2.95. The van der Waals surface area contributed by atoms with Crippen LogP contribution in [0.15, 0.2) is 18.2 Å². The summed E-state index contributed by atoms with van der Waals surface area (Å²) in [5.41, 5.74) is 0.812. The molecular formula is C13H14N2O5. The molecule has 1 aliphatic heterocycles. The second-order valence-electron chi connectivity index (χ2n) is 4.13. The topological polar surface area (TPSA) is 84.9 Å². The predicted octanol–water partition coefficient (Wildman–Crippen LogP) is 0.928. The zero-order chi connectivity index (χ0) is 14.7. The number of carbonyl (C=O) groups excluding carboxylic acids is 3. The lowest BCUT2D eigenvalue weighted by Gasteiger charge is -2.27. The number of ether oxygens (including phenoxy) is 2. The lowest BCUT2D eigenvalue weighted by Crippen LogP contribution is -2.49. The van der Waals surface area contributed by atoms with E-state index in [1.165, 1.54) is 31.3 Å². The van der Waals surface area contributed by atoms with Crippen molar-refractivity contribution in [1.29, 1.82) is 0 Å². The van der Waals surface area contributed by atoms with E-state index in [0.717, 1.165) is 0 Å². The Morgan fingerprint density at radius 2 is 2.05 bits per heavy atom. The van der Waals surface area contributed by atoms with Gasteiger partial charge >= 0.3 is 12.0 Å². The van der Waals surface area contributed by atoms with Gasteiger partial charge in [-0.15, -0.1) is 0 Å². The van der Waals surface area contributed by atoms with Gasteiger partial charge in [0.2, 0.25) is 5.91 Å². The molecule has 3 amide bonds. The fourth-order valence-corrected chi connectivity index (χ4v) is 1.94. The van der Waals surface area contributed by atoms with Gasteiger partial charge in [0.15, 0.2) is 0 Å². The number of nitrogens with zero attached hydrogens (tertiary/aromatic N) is 1. The average molecular weight is 278 g/mol. The lowest BCUT2D eigenvalue weighted by molar-refractivity contribution is -0.120. The fourth-order valence-electron chi connectivity index (χ4n) is 1.94. The van der Waals surface area contributed by atoms with Gasteiger partial charge in [-0.1, -0.05) is 0 Å². The highest BCUT2D eigenvalue weighted by Crippen LogP contribution is 2.30. The number of hydrogen-bond acceptors (Lipinski definition) is 5. The molecule has 0 spiro atoms. The highest BCUT2D eigenvalue weighted by atomic mass is 16.5. The third kappa shape index (κ3) is 2.56. The van der Waals surface area contributed by atoms with Crippen molar-refractivity contribution < 1.29 is 23.9 Å². The summed E-state index contributed by atoms with van der Waals surface area (Å²) in [6.45, 7) is 0.262. The Labute approximate surface area is 115 Å². The van der Waals surface area contributed by atoms with Crippen molar-refractivity contribution in [2.75, 3.05) is 25.7 Å². The van der Waals surface area contributed by atoms with Crippen molar-refractivity contribution in [2.24, 2.45) is 0 Å². The van der Waals surface area contributed by atoms with E-state index in [2.05, 4.69) is 10.1 Å². The van der Waals surface area contributed by atoms with Crippen LogP contribution in [-0.4, -0.2) is 38.7 Å². The van der Waals surface area contributed by atoms with Gasteiger partial charge in [-0.25, -0.2) is 9.59 Å². The molecule has 106 valence electrons. The first kappa shape index (κ1) is 13.9. The van der Waals surface area contributed by atoms with Gasteiger partial charge < -0.3 is 9.47 Å².